The number of hydrogen-bond donors (Lipinski definition) is 1. The highest BCUT2D eigenvalue weighted by Crippen LogP contribution is 2.17. The van der Waals surface area contributed by atoms with Crippen LogP contribution in [0, 0.1) is 5.92 Å². The van der Waals surface area contributed by atoms with Gasteiger partial charge in [-0.05, 0) is 35.2 Å². The van der Waals surface area contributed by atoms with E-state index in [0.717, 1.165) is 22.4 Å². The van der Waals surface area contributed by atoms with Gasteiger partial charge in [0.1, 0.15) is 11.8 Å². The van der Waals surface area contributed by atoms with E-state index in [9.17, 15) is 9.59 Å². The highest BCUT2D eigenvalue weighted by atomic mass is 16.5. The molecule has 0 heterocycles. The van der Waals surface area contributed by atoms with Gasteiger partial charge in [-0.2, -0.15) is 0 Å². The molecule has 0 spiro atoms. The molecule has 34 heavy (non-hydrogen) atoms. The highest BCUT2D eigenvalue weighted by molar-refractivity contribution is 5.88. The predicted octanol–water partition coefficient (Wildman–Crippen LogP) is 4.65. The van der Waals surface area contributed by atoms with Crippen LogP contribution in [-0.4, -0.2) is 36.4 Å². The second-order valence-electron chi connectivity index (χ2n) is 8.70. The number of nitrogens with zero attached hydrogens (tertiary/aromatic N) is 1. The molecule has 0 radical (unpaired) electrons. The van der Waals surface area contributed by atoms with Crippen molar-refractivity contribution in [2.75, 3.05) is 13.7 Å². The Bertz CT molecular complexity index is 1030. The summed E-state index contributed by atoms with van der Waals surface area (Å²) in [4.78, 5) is 28.5. The first-order valence-electron chi connectivity index (χ1n) is 11.8. The third-order valence-corrected chi connectivity index (χ3v) is 5.80. The molecule has 0 saturated carbocycles. The Kier molecular flexibility index (Phi) is 9.27. The summed E-state index contributed by atoms with van der Waals surface area (Å²) < 4.78 is 5.21. The summed E-state index contributed by atoms with van der Waals surface area (Å²) in [6.07, 6.45) is 1.16. The number of benzene rings is 3. The summed E-state index contributed by atoms with van der Waals surface area (Å²) in [5, 5.41) is 3.08. The summed E-state index contributed by atoms with van der Waals surface area (Å²) in [6, 6.07) is 26.9. The van der Waals surface area contributed by atoms with Gasteiger partial charge in [-0.1, -0.05) is 86.6 Å². The molecule has 1 atom stereocenters. The normalized spacial score (nSPS) is 11.6. The minimum absolute atomic E-state index is 0.0323. The topological polar surface area (TPSA) is 58.6 Å². The second kappa shape index (κ2) is 12.6. The molecule has 0 aliphatic rings. The van der Waals surface area contributed by atoms with Crippen LogP contribution < -0.4 is 10.1 Å². The van der Waals surface area contributed by atoms with Crippen molar-refractivity contribution in [2.24, 2.45) is 5.92 Å². The zero-order valence-electron chi connectivity index (χ0n) is 20.2. The van der Waals surface area contributed by atoms with Gasteiger partial charge in [-0.3, -0.25) is 9.59 Å². The first-order valence-corrected chi connectivity index (χ1v) is 11.8. The Morgan fingerprint density at radius 2 is 1.41 bits per heavy atom. The van der Waals surface area contributed by atoms with Gasteiger partial charge in [0, 0.05) is 25.4 Å². The molecule has 178 valence electrons. The Labute approximate surface area is 202 Å². The van der Waals surface area contributed by atoms with Gasteiger partial charge in [-0.15, -0.1) is 0 Å². The van der Waals surface area contributed by atoms with Crippen LogP contribution in [0.3, 0.4) is 0 Å². The van der Waals surface area contributed by atoms with E-state index < -0.39 is 6.04 Å². The molecule has 0 aromatic heterocycles. The molecule has 0 bridgehead atoms. The molecule has 5 nitrogen and oxygen atoms in total. The summed E-state index contributed by atoms with van der Waals surface area (Å²) in [5.74, 6) is 0.422. The van der Waals surface area contributed by atoms with Crippen molar-refractivity contribution in [2.45, 2.75) is 39.3 Å². The molecule has 5 heteroatoms. The maximum Gasteiger partial charge on any atom is 0.243 e. The molecule has 0 fully saturated rings. The van der Waals surface area contributed by atoms with Crippen molar-refractivity contribution in [1.82, 2.24) is 10.2 Å². The van der Waals surface area contributed by atoms with Gasteiger partial charge in [-0.25, -0.2) is 0 Å². The highest BCUT2D eigenvalue weighted by Gasteiger charge is 2.31. The fourth-order valence-electron chi connectivity index (χ4n) is 3.88. The zero-order valence-corrected chi connectivity index (χ0v) is 20.2. The molecule has 3 aromatic carbocycles. The average Bonchev–Trinajstić information content (AvgIpc) is 2.87. The minimum atomic E-state index is -0.603. The van der Waals surface area contributed by atoms with E-state index >= 15 is 0 Å². The molecule has 3 aromatic rings. The average molecular weight is 459 g/mol. The fourth-order valence-corrected chi connectivity index (χ4v) is 3.88. The first-order chi connectivity index (χ1) is 16.5. The quantitative estimate of drug-likeness (QED) is 0.455. The molecule has 1 N–H and O–H groups in total. The largest absolute Gasteiger partial charge is 0.497 e. The number of nitrogens with one attached hydrogen (secondary N) is 1. The van der Waals surface area contributed by atoms with E-state index in [-0.39, 0.29) is 17.7 Å². The van der Waals surface area contributed by atoms with E-state index in [1.807, 2.05) is 98.8 Å². The number of carbonyl (C=O) groups is 2. The Balaban J connectivity index is 1.79. The van der Waals surface area contributed by atoms with Gasteiger partial charge in [0.2, 0.25) is 11.8 Å². The van der Waals surface area contributed by atoms with Crippen LogP contribution in [0.5, 0.6) is 5.75 Å². The molecule has 1 unspecified atom stereocenters. The van der Waals surface area contributed by atoms with Crippen LogP contribution in [0.15, 0.2) is 84.9 Å². The van der Waals surface area contributed by atoms with Crippen molar-refractivity contribution in [3.05, 3.63) is 102 Å². The lowest BCUT2D eigenvalue weighted by Crippen LogP contribution is -2.51. The van der Waals surface area contributed by atoms with Crippen LogP contribution in [0.25, 0.3) is 0 Å². The van der Waals surface area contributed by atoms with Crippen molar-refractivity contribution in [3.63, 3.8) is 0 Å². The van der Waals surface area contributed by atoms with Crippen LogP contribution in [-0.2, 0) is 29.0 Å². The van der Waals surface area contributed by atoms with E-state index in [2.05, 4.69) is 5.32 Å². The lowest BCUT2D eigenvalue weighted by Gasteiger charge is -2.32. The van der Waals surface area contributed by atoms with Gasteiger partial charge in [0.15, 0.2) is 0 Å². The van der Waals surface area contributed by atoms with Crippen molar-refractivity contribution in [3.8, 4) is 5.75 Å². The van der Waals surface area contributed by atoms with Gasteiger partial charge < -0.3 is 15.0 Å². The van der Waals surface area contributed by atoms with Gasteiger partial charge in [0.05, 0.1) is 7.11 Å². The lowest BCUT2D eigenvalue weighted by molar-refractivity contribution is -0.143. The van der Waals surface area contributed by atoms with E-state index in [0.29, 0.717) is 25.9 Å². The zero-order chi connectivity index (χ0) is 24.3. The molecule has 0 aliphatic carbocycles. The standard InChI is InChI=1S/C29H34N2O3/c1-22(2)29(33)31(21-25-12-8-5-9-13-25)27(20-24-10-6-4-7-11-24)28(32)30-19-18-23-14-16-26(34-3)17-15-23/h4-17,22,27H,18-21H2,1-3H3,(H,30,32). The summed E-state index contributed by atoms with van der Waals surface area (Å²) in [7, 11) is 1.64. The molecule has 0 saturated heterocycles. The number of methoxy groups -OCH3 is 1. The monoisotopic (exact) mass is 458 g/mol. The Hall–Kier alpha value is -3.60. The molecular weight excluding hydrogens is 424 g/mol. The number of carbonyl (C=O) groups excluding carboxylic acids is 2. The SMILES string of the molecule is COc1ccc(CCNC(=O)C(Cc2ccccc2)N(Cc2ccccc2)C(=O)C(C)C)cc1. The lowest BCUT2D eigenvalue weighted by atomic mass is 10.0. The molecule has 3 rings (SSSR count). The van der Waals surface area contributed by atoms with Gasteiger partial charge in [0.25, 0.3) is 0 Å². The van der Waals surface area contributed by atoms with Crippen molar-refractivity contribution in [1.29, 1.82) is 0 Å². The summed E-state index contributed by atoms with van der Waals surface area (Å²) in [5.41, 5.74) is 3.13. The van der Waals surface area contributed by atoms with E-state index in [4.69, 9.17) is 4.74 Å². The van der Waals surface area contributed by atoms with Crippen molar-refractivity contribution < 1.29 is 14.3 Å². The summed E-state index contributed by atoms with van der Waals surface area (Å²) in [6.45, 7) is 4.63. The summed E-state index contributed by atoms with van der Waals surface area (Å²) >= 11 is 0. The minimum Gasteiger partial charge on any atom is -0.497 e. The molecule has 2 amide bonds. The molecular formula is C29H34N2O3. The number of hydrogen-bond acceptors (Lipinski definition) is 3. The number of rotatable bonds is 11. The van der Waals surface area contributed by atoms with Crippen LogP contribution in [0.4, 0.5) is 0 Å². The number of amides is 2. The van der Waals surface area contributed by atoms with Gasteiger partial charge >= 0.3 is 0 Å². The Morgan fingerprint density at radius 3 is 1.97 bits per heavy atom. The number of ether oxygens (including phenoxy) is 1. The predicted molar refractivity (Wildman–Crippen MR) is 135 cm³/mol. The molecule has 0 aliphatic heterocycles. The van der Waals surface area contributed by atoms with E-state index in [1.54, 1.807) is 12.0 Å². The Morgan fingerprint density at radius 1 is 0.824 bits per heavy atom. The smallest absolute Gasteiger partial charge is 0.243 e. The van der Waals surface area contributed by atoms with Crippen LogP contribution >= 0.6 is 0 Å². The second-order valence-corrected chi connectivity index (χ2v) is 8.70. The van der Waals surface area contributed by atoms with Crippen LogP contribution in [0.1, 0.15) is 30.5 Å². The van der Waals surface area contributed by atoms with Crippen molar-refractivity contribution >= 4 is 11.8 Å². The fraction of sp³-hybridized carbons (Fsp3) is 0.310. The first kappa shape index (κ1) is 25.0. The third-order valence-electron chi connectivity index (χ3n) is 5.80. The third kappa shape index (κ3) is 7.20. The maximum atomic E-state index is 13.5. The van der Waals surface area contributed by atoms with Crippen LogP contribution in [0.2, 0.25) is 0 Å². The maximum absolute atomic E-state index is 13.5. The van der Waals surface area contributed by atoms with E-state index in [1.165, 1.54) is 0 Å².